The molecular weight excluding hydrogens is 286 g/mol. The molecule has 0 aliphatic heterocycles. The van der Waals surface area contributed by atoms with Crippen molar-refractivity contribution in [2.24, 2.45) is 0 Å². The Bertz CT molecular complexity index is 483. The molecule has 0 amide bonds. The van der Waals surface area contributed by atoms with Crippen molar-refractivity contribution in [1.82, 2.24) is 14.5 Å². The Kier molecular flexibility index (Phi) is 5.70. The summed E-state index contributed by atoms with van der Waals surface area (Å²) >= 11 is 1.31. The highest BCUT2D eigenvalue weighted by Gasteiger charge is 2.27. The molecule has 1 aromatic rings. The largest absolute Gasteiger partial charge is 0.481 e. The average molecular weight is 311 g/mol. The van der Waals surface area contributed by atoms with Gasteiger partial charge in [0.1, 0.15) is 0 Å². The second-order valence-electron chi connectivity index (χ2n) is 5.81. The molecule has 5 nitrogen and oxygen atoms in total. The van der Waals surface area contributed by atoms with Crippen molar-refractivity contribution < 1.29 is 9.90 Å². The molecular formula is C15H25N3O2S. The number of carboxylic acids is 1. The number of aliphatic carboxylic acids is 1. The van der Waals surface area contributed by atoms with Crippen molar-refractivity contribution in [3.05, 3.63) is 11.9 Å². The van der Waals surface area contributed by atoms with Gasteiger partial charge in [0.2, 0.25) is 0 Å². The molecule has 1 fully saturated rings. The topological polar surface area (TPSA) is 58.4 Å². The van der Waals surface area contributed by atoms with E-state index >= 15 is 0 Å². The van der Waals surface area contributed by atoms with E-state index in [1.807, 2.05) is 6.20 Å². The zero-order chi connectivity index (χ0) is 15.4. The quantitative estimate of drug-likeness (QED) is 0.711. The van der Waals surface area contributed by atoms with E-state index < -0.39 is 5.97 Å². The van der Waals surface area contributed by atoms with Gasteiger partial charge < -0.3 is 9.67 Å². The molecule has 0 atom stereocenters. The molecule has 118 valence electrons. The van der Waals surface area contributed by atoms with Gasteiger partial charge in [0.15, 0.2) is 5.16 Å². The number of imidazole rings is 1. The molecule has 0 radical (unpaired) electrons. The number of rotatable bonds is 9. The predicted octanol–water partition coefficient (Wildman–Crippen LogP) is 2.67. The third-order valence-electron chi connectivity index (χ3n) is 3.85. The molecule has 0 saturated heterocycles. The fourth-order valence-electron chi connectivity index (χ4n) is 2.57. The highest BCUT2D eigenvalue weighted by atomic mass is 32.2. The number of carbonyl (C=O) groups is 1. The number of carboxylic acid groups (broad SMARTS) is 1. The lowest BCUT2D eigenvalue weighted by Gasteiger charge is -2.22. The lowest BCUT2D eigenvalue weighted by atomic mass is 10.1. The van der Waals surface area contributed by atoms with Crippen LogP contribution in [0.1, 0.15) is 45.2 Å². The monoisotopic (exact) mass is 311 g/mol. The third kappa shape index (κ3) is 4.48. The molecule has 6 heteroatoms. The van der Waals surface area contributed by atoms with E-state index in [0.717, 1.165) is 30.8 Å². The van der Waals surface area contributed by atoms with Crippen LogP contribution in [-0.4, -0.2) is 50.4 Å². The zero-order valence-electron chi connectivity index (χ0n) is 13.1. The Balaban J connectivity index is 2.06. The van der Waals surface area contributed by atoms with E-state index in [-0.39, 0.29) is 5.75 Å². The fourth-order valence-corrected chi connectivity index (χ4v) is 3.30. The molecule has 0 aromatic carbocycles. The maximum absolute atomic E-state index is 10.8. The van der Waals surface area contributed by atoms with Crippen LogP contribution in [0.4, 0.5) is 0 Å². The van der Waals surface area contributed by atoms with Gasteiger partial charge in [0, 0.05) is 31.0 Å². The van der Waals surface area contributed by atoms with Gasteiger partial charge in [-0.3, -0.25) is 9.69 Å². The molecule has 1 aliphatic carbocycles. The van der Waals surface area contributed by atoms with E-state index in [2.05, 4.69) is 35.2 Å². The first kappa shape index (κ1) is 16.4. The minimum absolute atomic E-state index is 0.0642. The van der Waals surface area contributed by atoms with E-state index in [0.29, 0.717) is 5.92 Å². The van der Waals surface area contributed by atoms with Gasteiger partial charge in [-0.2, -0.15) is 0 Å². The molecule has 1 saturated carbocycles. The zero-order valence-corrected chi connectivity index (χ0v) is 13.9. The molecule has 1 heterocycles. The summed E-state index contributed by atoms with van der Waals surface area (Å²) in [6.07, 6.45) is 4.52. The van der Waals surface area contributed by atoms with Crippen molar-refractivity contribution in [3.63, 3.8) is 0 Å². The first-order valence-electron chi connectivity index (χ1n) is 7.67. The van der Waals surface area contributed by atoms with Gasteiger partial charge in [0.05, 0.1) is 5.75 Å². The lowest BCUT2D eigenvalue weighted by molar-refractivity contribution is -0.133. The van der Waals surface area contributed by atoms with Crippen LogP contribution in [0.2, 0.25) is 0 Å². The standard InChI is InChI=1S/C15H25N3O2S/c1-4-17(12-5-6-12)7-8-18-13(11(2)3)9-16-15(18)21-10-14(19)20/h9,11-12H,4-8,10H2,1-3H3,(H,19,20). The van der Waals surface area contributed by atoms with Crippen LogP contribution in [0.25, 0.3) is 0 Å². The summed E-state index contributed by atoms with van der Waals surface area (Å²) in [4.78, 5) is 17.7. The SMILES string of the molecule is CCN(CCn1c(C(C)C)cnc1SCC(=O)O)C1CC1. The molecule has 2 rings (SSSR count). The average Bonchev–Trinajstić information content (AvgIpc) is 3.17. The summed E-state index contributed by atoms with van der Waals surface area (Å²) in [5.41, 5.74) is 1.19. The van der Waals surface area contributed by atoms with E-state index in [9.17, 15) is 4.79 Å². The van der Waals surface area contributed by atoms with Gasteiger partial charge >= 0.3 is 5.97 Å². The minimum atomic E-state index is -0.797. The predicted molar refractivity (Wildman–Crippen MR) is 84.9 cm³/mol. The summed E-state index contributed by atoms with van der Waals surface area (Å²) in [5.74, 6) is -0.337. The molecule has 0 unspecified atom stereocenters. The van der Waals surface area contributed by atoms with Gasteiger partial charge in [-0.05, 0) is 25.3 Å². The summed E-state index contributed by atoms with van der Waals surface area (Å²) in [7, 11) is 0. The van der Waals surface area contributed by atoms with Crippen molar-refractivity contribution in [2.75, 3.05) is 18.8 Å². The van der Waals surface area contributed by atoms with Crippen LogP contribution in [-0.2, 0) is 11.3 Å². The van der Waals surface area contributed by atoms with Gasteiger partial charge in [-0.25, -0.2) is 4.98 Å². The van der Waals surface area contributed by atoms with Crippen LogP contribution in [0.3, 0.4) is 0 Å². The van der Waals surface area contributed by atoms with Crippen LogP contribution in [0.5, 0.6) is 0 Å². The minimum Gasteiger partial charge on any atom is -0.481 e. The van der Waals surface area contributed by atoms with Crippen LogP contribution < -0.4 is 0 Å². The first-order valence-corrected chi connectivity index (χ1v) is 8.65. The van der Waals surface area contributed by atoms with Gasteiger partial charge in [0.25, 0.3) is 0 Å². The summed E-state index contributed by atoms with van der Waals surface area (Å²) in [6.45, 7) is 9.48. The fraction of sp³-hybridized carbons (Fsp3) is 0.733. The molecule has 1 N–H and O–H groups in total. The number of hydrogen-bond acceptors (Lipinski definition) is 4. The molecule has 21 heavy (non-hydrogen) atoms. The number of aromatic nitrogens is 2. The smallest absolute Gasteiger partial charge is 0.313 e. The van der Waals surface area contributed by atoms with Crippen molar-refractivity contribution in [2.45, 2.75) is 57.3 Å². The highest BCUT2D eigenvalue weighted by Crippen LogP contribution is 2.27. The first-order chi connectivity index (χ1) is 10.0. The maximum atomic E-state index is 10.8. The Hall–Kier alpha value is -1.01. The van der Waals surface area contributed by atoms with Crippen molar-refractivity contribution >= 4 is 17.7 Å². The number of hydrogen-bond donors (Lipinski definition) is 1. The second-order valence-corrected chi connectivity index (χ2v) is 6.76. The molecule has 1 aliphatic rings. The molecule has 0 spiro atoms. The molecule has 0 bridgehead atoms. The number of nitrogens with zero attached hydrogens (tertiary/aromatic N) is 3. The van der Waals surface area contributed by atoms with Gasteiger partial charge in [-0.1, -0.05) is 32.5 Å². The Labute approximate surface area is 130 Å². The van der Waals surface area contributed by atoms with Crippen LogP contribution >= 0.6 is 11.8 Å². The highest BCUT2D eigenvalue weighted by molar-refractivity contribution is 7.99. The van der Waals surface area contributed by atoms with Crippen LogP contribution in [0.15, 0.2) is 11.4 Å². The summed E-state index contributed by atoms with van der Waals surface area (Å²) < 4.78 is 2.20. The molecule has 1 aromatic heterocycles. The Morgan fingerprint density at radius 3 is 2.81 bits per heavy atom. The lowest BCUT2D eigenvalue weighted by Crippen LogP contribution is -2.30. The number of thioether (sulfide) groups is 1. The Morgan fingerprint density at radius 1 is 1.57 bits per heavy atom. The number of likely N-dealkylation sites (N-methyl/N-ethyl adjacent to an activating group) is 1. The summed E-state index contributed by atoms with van der Waals surface area (Å²) in [6, 6.07) is 0.760. The van der Waals surface area contributed by atoms with E-state index in [4.69, 9.17) is 5.11 Å². The Morgan fingerprint density at radius 2 is 2.29 bits per heavy atom. The second kappa shape index (κ2) is 7.31. The normalized spacial score (nSPS) is 15.1. The van der Waals surface area contributed by atoms with Crippen molar-refractivity contribution in [3.8, 4) is 0 Å². The van der Waals surface area contributed by atoms with E-state index in [1.54, 1.807) is 0 Å². The third-order valence-corrected chi connectivity index (χ3v) is 4.82. The summed E-state index contributed by atoms with van der Waals surface area (Å²) in [5, 5.41) is 9.68. The van der Waals surface area contributed by atoms with Crippen LogP contribution in [0, 0.1) is 0 Å². The van der Waals surface area contributed by atoms with Gasteiger partial charge in [-0.15, -0.1) is 0 Å². The van der Waals surface area contributed by atoms with E-state index in [1.165, 1.54) is 30.3 Å². The van der Waals surface area contributed by atoms with Crippen molar-refractivity contribution in [1.29, 1.82) is 0 Å². The maximum Gasteiger partial charge on any atom is 0.313 e.